The second-order valence-electron chi connectivity index (χ2n) is 0.896. The number of hydrogen-bond acceptors (Lipinski definition) is 4. The largest absolute Gasteiger partial charge is 0 e. The van der Waals surface area contributed by atoms with E-state index in [1.807, 2.05) is 0 Å². The summed E-state index contributed by atoms with van der Waals surface area (Å²) in [6, 6.07) is 0. The molecule has 70 valence electrons. The van der Waals surface area contributed by atoms with Crippen molar-refractivity contribution in [3.05, 3.63) is 0 Å². The van der Waals surface area contributed by atoms with Crippen LogP contribution in [-0.4, -0.2) is 86.4 Å². The minimum Gasteiger partial charge on any atom is 0 e. The molecule has 12 heteroatoms. The molecule has 0 spiro atoms. The maximum Gasteiger partial charge on any atom is 0 e. The van der Waals surface area contributed by atoms with Crippen LogP contribution in [0.3, 0.4) is 0 Å². The summed E-state index contributed by atoms with van der Waals surface area (Å²) in [5.74, 6) is 0. The van der Waals surface area contributed by atoms with Crippen LogP contribution in [0.15, 0.2) is 0 Å². The van der Waals surface area contributed by atoms with Gasteiger partial charge in [0.1, 0.15) is 0 Å². The molecular weight excluding hydrogens is 322 g/mol. The third kappa shape index (κ3) is 304. The smallest absolute Gasteiger partial charge is 0 e. The van der Waals surface area contributed by atoms with E-state index < -0.39 is 20.8 Å². The van der Waals surface area contributed by atoms with Crippen molar-refractivity contribution < 1.29 is 61.3 Å². The molecule has 0 fully saturated rings. The Morgan fingerprint density at radius 2 is 0.667 bits per heavy atom. The molecule has 0 aromatic carbocycles. The Balaban J connectivity index is -0.0000000457. The van der Waals surface area contributed by atoms with E-state index in [2.05, 4.69) is 0 Å². The summed E-state index contributed by atoms with van der Waals surface area (Å²) in [6.07, 6.45) is 0. The Morgan fingerprint density at radius 1 is 0.667 bits per heavy atom. The zero-order chi connectivity index (χ0) is 9.00. The summed E-state index contributed by atoms with van der Waals surface area (Å²) in [5, 5.41) is 0. The van der Waals surface area contributed by atoms with E-state index in [0.29, 0.717) is 0 Å². The molecule has 0 saturated heterocycles. The van der Waals surface area contributed by atoms with Crippen LogP contribution in [0, 0.1) is 0 Å². The van der Waals surface area contributed by atoms with Crippen LogP contribution in [0.5, 0.6) is 0 Å². The first-order valence-corrected chi connectivity index (χ1v) is 4.19. The van der Waals surface area contributed by atoms with Crippen molar-refractivity contribution in [1.29, 1.82) is 0 Å². The van der Waals surface area contributed by atoms with Crippen molar-refractivity contribution in [2.75, 3.05) is 0 Å². The van der Waals surface area contributed by atoms with Gasteiger partial charge in [-0.25, -0.2) is 0 Å². The molecule has 0 heterocycles. The summed E-state index contributed by atoms with van der Waals surface area (Å²) in [4.78, 5) is 0. The van der Waals surface area contributed by atoms with E-state index in [-0.39, 0.29) is 77.6 Å². The first-order valence-electron chi connectivity index (χ1n) is 1.40. The minimum absolute atomic E-state index is 0. The standard InChI is InChI=1S/K.2H2O4S.Zr.H/c;2*1-5(2,3)4;;/h;2*(H2,1,2,3,4);;. The van der Waals surface area contributed by atoms with E-state index in [1.165, 1.54) is 0 Å². The van der Waals surface area contributed by atoms with Gasteiger partial charge in [-0.05, 0) is 0 Å². The first-order chi connectivity index (χ1) is 4.00. The van der Waals surface area contributed by atoms with E-state index in [4.69, 9.17) is 35.0 Å². The molecule has 0 aliphatic heterocycles. The Morgan fingerprint density at radius 3 is 0.667 bits per heavy atom. The van der Waals surface area contributed by atoms with Gasteiger partial charge in [0.2, 0.25) is 0 Å². The Hall–Kier alpha value is 2.26. The maximum atomic E-state index is 8.74. The molecule has 0 saturated carbocycles. The van der Waals surface area contributed by atoms with E-state index in [1.54, 1.807) is 0 Å². The molecule has 0 amide bonds. The number of rotatable bonds is 0. The molecule has 4 N–H and O–H groups in total. The van der Waals surface area contributed by atoms with Gasteiger partial charge in [-0.2, -0.15) is 16.8 Å². The van der Waals surface area contributed by atoms with Gasteiger partial charge in [-0.15, -0.1) is 0 Å². The van der Waals surface area contributed by atoms with Crippen molar-refractivity contribution in [2.24, 2.45) is 0 Å². The van der Waals surface area contributed by atoms with Crippen LogP contribution in [-0.2, 0) is 47.0 Å². The summed E-state index contributed by atoms with van der Waals surface area (Å²) in [7, 11) is -9.33. The summed E-state index contributed by atoms with van der Waals surface area (Å²) in [6.45, 7) is 0. The second kappa shape index (κ2) is 9.80. The van der Waals surface area contributed by atoms with Crippen molar-refractivity contribution >= 4 is 72.2 Å². The Bertz CT molecular complexity index is 213. The van der Waals surface area contributed by atoms with Crippen LogP contribution in [0.4, 0.5) is 0 Å². The van der Waals surface area contributed by atoms with Crippen molar-refractivity contribution in [1.82, 2.24) is 0 Å². The molecule has 0 rings (SSSR count). The zero-order valence-electron chi connectivity index (χ0n) is 4.74. The molecule has 0 aromatic rings. The van der Waals surface area contributed by atoms with Crippen molar-refractivity contribution in [2.45, 2.75) is 0 Å². The SMILES string of the molecule is O=S(=O)(O)O.O=S(=O)(O)O.[KH].[Zr]. The fraction of sp³-hybridized carbons (Fsp3) is 0. The molecule has 0 unspecified atom stereocenters. The molecular formula is H5KO8S2Zr. The normalized spacial score (nSPS) is 9.67. The summed E-state index contributed by atoms with van der Waals surface area (Å²) in [5.41, 5.74) is 0. The van der Waals surface area contributed by atoms with E-state index >= 15 is 0 Å². The average molecular weight is 327 g/mol. The van der Waals surface area contributed by atoms with Crippen molar-refractivity contribution in [3.63, 3.8) is 0 Å². The van der Waals surface area contributed by atoms with Crippen molar-refractivity contribution in [3.8, 4) is 0 Å². The molecule has 0 aromatic heterocycles. The molecule has 0 bridgehead atoms. The number of hydrogen-bond donors (Lipinski definition) is 4. The molecule has 0 aliphatic rings. The summed E-state index contributed by atoms with van der Waals surface area (Å²) < 4.78 is 63.2. The monoisotopic (exact) mass is 326 g/mol. The van der Waals surface area contributed by atoms with Gasteiger partial charge >= 0.3 is 72.2 Å². The van der Waals surface area contributed by atoms with Gasteiger partial charge in [-0.1, -0.05) is 0 Å². The molecule has 0 radical (unpaired) electrons. The molecule has 8 nitrogen and oxygen atoms in total. The molecule has 12 heavy (non-hydrogen) atoms. The quantitative estimate of drug-likeness (QED) is 0.296. The van der Waals surface area contributed by atoms with Crippen LogP contribution in [0.2, 0.25) is 0 Å². The fourth-order valence-corrected chi connectivity index (χ4v) is 0. The zero-order valence-corrected chi connectivity index (χ0v) is 8.83. The summed E-state index contributed by atoms with van der Waals surface area (Å²) >= 11 is 0. The van der Waals surface area contributed by atoms with Gasteiger partial charge in [0.25, 0.3) is 0 Å². The second-order valence-corrected chi connectivity index (χ2v) is 2.69. The van der Waals surface area contributed by atoms with Gasteiger partial charge in [0.05, 0.1) is 0 Å². The van der Waals surface area contributed by atoms with Crippen LogP contribution < -0.4 is 0 Å². The van der Waals surface area contributed by atoms with E-state index in [0.717, 1.165) is 0 Å². The predicted octanol–water partition coefficient (Wildman–Crippen LogP) is -1.96. The Kier molecular flexibility index (Phi) is 19.5. The minimum atomic E-state index is -4.67. The van der Waals surface area contributed by atoms with Gasteiger partial charge in [0.15, 0.2) is 0 Å². The van der Waals surface area contributed by atoms with Crippen LogP contribution in [0.1, 0.15) is 0 Å². The molecule has 0 aliphatic carbocycles. The van der Waals surface area contributed by atoms with Gasteiger partial charge in [0, 0.05) is 26.2 Å². The molecule has 0 atom stereocenters. The third-order valence-corrected chi connectivity index (χ3v) is 0. The topological polar surface area (TPSA) is 149 Å². The predicted molar refractivity (Wildman–Crippen MR) is 35.5 cm³/mol. The fourth-order valence-electron chi connectivity index (χ4n) is 0. The first kappa shape index (κ1) is 23.8. The van der Waals surface area contributed by atoms with Gasteiger partial charge in [-0.3, -0.25) is 18.2 Å². The van der Waals surface area contributed by atoms with Crippen LogP contribution in [0.25, 0.3) is 0 Å². The van der Waals surface area contributed by atoms with Gasteiger partial charge < -0.3 is 0 Å². The van der Waals surface area contributed by atoms with E-state index in [9.17, 15) is 0 Å². The third-order valence-electron chi connectivity index (χ3n) is 0. The maximum absolute atomic E-state index is 8.74. The Labute approximate surface area is 131 Å². The average Bonchev–Trinajstić information content (AvgIpc) is 1.12. The van der Waals surface area contributed by atoms with Crippen LogP contribution >= 0.6 is 0 Å².